The van der Waals surface area contributed by atoms with Gasteiger partial charge in [0.1, 0.15) is 5.54 Å². The van der Waals surface area contributed by atoms with Crippen molar-refractivity contribution in [1.29, 1.82) is 0 Å². The van der Waals surface area contributed by atoms with Gasteiger partial charge >= 0.3 is 0 Å². The average molecular weight is 279 g/mol. The monoisotopic (exact) mass is 279 g/mol. The van der Waals surface area contributed by atoms with Gasteiger partial charge in [-0.15, -0.1) is 0 Å². The molecular formula is C17H17N3O. The molecule has 4 nitrogen and oxygen atoms in total. The minimum Gasteiger partial charge on any atom is -0.337 e. The molecule has 3 aromatic rings. The van der Waals surface area contributed by atoms with Gasteiger partial charge < -0.3 is 10.3 Å². The number of rotatable bonds is 3. The first kappa shape index (κ1) is 13.5. The number of hydrogen-bond donors (Lipinski definition) is 1. The van der Waals surface area contributed by atoms with E-state index in [2.05, 4.69) is 10.1 Å². The summed E-state index contributed by atoms with van der Waals surface area (Å²) in [6.07, 6.45) is 0. The van der Waals surface area contributed by atoms with Crippen molar-refractivity contribution in [2.24, 2.45) is 5.73 Å². The van der Waals surface area contributed by atoms with E-state index in [1.165, 1.54) is 0 Å². The summed E-state index contributed by atoms with van der Waals surface area (Å²) >= 11 is 0. The molecule has 21 heavy (non-hydrogen) atoms. The molecule has 1 heterocycles. The van der Waals surface area contributed by atoms with Crippen molar-refractivity contribution in [2.45, 2.75) is 19.4 Å². The molecule has 0 aliphatic rings. The summed E-state index contributed by atoms with van der Waals surface area (Å²) in [5, 5.41) is 4.07. The maximum absolute atomic E-state index is 6.39. The third kappa shape index (κ3) is 2.45. The third-order valence-electron chi connectivity index (χ3n) is 3.63. The minimum absolute atomic E-state index is 0.409. The molecule has 3 rings (SSSR count). The zero-order valence-electron chi connectivity index (χ0n) is 12.1. The van der Waals surface area contributed by atoms with E-state index in [-0.39, 0.29) is 0 Å². The zero-order valence-corrected chi connectivity index (χ0v) is 12.1. The van der Waals surface area contributed by atoms with Gasteiger partial charge in [-0.3, -0.25) is 0 Å². The smallest absolute Gasteiger partial charge is 0.251 e. The first-order chi connectivity index (χ1) is 10.1. The Balaban J connectivity index is 2.01. The van der Waals surface area contributed by atoms with Crippen molar-refractivity contribution in [2.75, 3.05) is 0 Å². The van der Waals surface area contributed by atoms with Crippen LogP contribution in [-0.2, 0) is 5.54 Å². The molecule has 0 aliphatic carbocycles. The Morgan fingerprint density at radius 3 is 2.38 bits per heavy atom. The predicted molar refractivity (Wildman–Crippen MR) is 81.6 cm³/mol. The van der Waals surface area contributed by atoms with Gasteiger partial charge in [0.15, 0.2) is 0 Å². The van der Waals surface area contributed by atoms with Crippen molar-refractivity contribution >= 4 is 0 Å². The number of aromatic nitrogens is 2. The number of aryl methyl sites for hydroxylation is 1. The second-order valence-electron chi connectivity index (χ2n) is 5.31. The van der Waals surface area contributed by atoms with E-state index in [1.54, 1.807) is 0 Å². The lowest BCUT2D eigenvalue weighted by Crippen LogP contribution is -2.34. The van der Waals surface area contributed by atoms with Crippen LogP contribution in [0.3, 0.4) is 0 Å². The predicted octanol–water partition coefficient (Wildman–Crippen LogP) is 3.27. The number of nitrogens with zero attached hydrogens (tertiary/aromatic N) is 2. The van der Waals surface area contributed by atoms with Gasteiger partial charge in [0.05, 0.1) is 0 Å². The minimum atomic E-state index is -0.810. The summed E-state index contributed by atoms with van der Waals surface area (Å²) in [4.78, 5) is 4.49. The maximum atomic E-state index is 6.39. The van der Waals surface area contributed by atoms with Gasteiger partial charge in [-0.1, -0.05) is 59.8 Å². The fraction of sp³-hybridized carbons (Fsp3) is 0.176. The summed E-state index contributed by atoms with van der Waals surface area (Å²) < 4.78 is 5.41. The van der Waals surface area contributed by atoms with E-state index >= 15 is 0 Å². The molecule has 0 fully saturated rings. The molecule has 0 amide bonds. The van der Waals surface area contributed by atoms with Crippen LogP contribution in [0.4, 0.5) is 0 Å². The molecule has 0 spiro atoms. The second-order valence-corrected chi connectivity index (χ2v) is 5.31. The van der Waals surface area contributed by atoms with E-state index in [9.17, 15) is 0 Å². The van der Waals surface area contributed by atoms with Crippen LogP contribution in [0.1, 0.15) is 23.9 Å². The summed E-state index contributed by atoms with van der Waals surface area (Å²) in [6, 6.07) is 17.7. The highest BCUT2D eigenvalue weighted by Crippen LogP contribution is 2.27. The van der Waals surface area contributed by atoms with Crippen molar-refractivity contribution in [3.8, 4) is 11.4 Å². The number of nitrogens with two attached hydrogens (primary N) is 1. The fourth-order valence-corrected chi connectivity index (χ4v) is 2.28. The Morgan fingerprint density at radius 2 is 1.67 bits per heavy atom. The molecule has 106 valence electrons. The highest BCUT2D eigenvalue weighted by Gasteiger charge is 2.30. The molecule has 0 saturated carbocycles. The van der Waals surface area contributed by atoms with Crippen LogP contribution < -0.4 is 5.73 Å². The Hall–Kier alpha value is -2.46. The van der Waals surface area contributed by atoms with Crippen molar-refractivity contribution < 1.29 is 4.52 Å². The molecule has 1 unspecified atom stereocenters. The molecule has 2 N–H and O–H groups in total. The highest BCUT2D eigenvalue weighted by molar-refractivity contribution is 5.59. The summed E-state index contributed by atoms with van der Waals surface area (Å²) in [6.45, 7) is 3.89. The van der Waals surface area contributed by atoms with Gasteiger partial charge in [0.2, 0.25) is 5.82 Å². The van der Waals surface area contributed by atoms with Crippen molar-refractivity contribution in [3.05, 3.63) is 71.6 Å². The number of benzene rings is 2. The van der Waals surface area contributed by atoms with E-state index in [1.807, 2.05) is 68.4 Å². The van der Waals surface area contributed by atoms with E-state index < -0.39 is 5.54 Å². The standard InChI is InChI=1S/C17H17N3O/c1-12-8-6-7-11-14(12)15-19-16(21-20-15)17(2,18)13-9-4-3-5-10-13/h3-11H,18H2,1-2H3. The summed E-state index contributed by atoms with van der Waals surface area (Å²) in [5.41, 5.74) is 8.57. The lowest BCUT2D eigenvalue weighted by atomic mass is 9.93. The number of hydrogen-bond acceptors (Lipinski definition) is 4. The van der Waals surface area contributed by atoms with Crippen molar-refractivity contribution in [1.82, 2.24) is 10.1 Å². The van der Waals surface area contributed by atoms with Crippen LogP contribution >= 0.6 is 0 Å². The van der Waals surface area contributed by atoms with Crippen LogP contribution in [-0.4, -0.2) is 10.1 Å². The fourth-order valence-electron chi connectivity index (χ4n) is 2.28. The van der Waals surface area contributed by atoms with E-state index in [0.29, 0.717) is 11.7 Å². The molecular weight excluding hydrogens is 262 g/mol. The Morgan fingerprint density at radius 1 is 1.00 bits per heavy atom. The first-order valence-electron chi connectivity index (χ1n) is 6.83. The highest BCUT2D eigenvalue weighted by atomic mass is 16.5. The summed E-state index contributed by atoms with van der Waals surface area (Å²) in [5.74, 6) is 0.975. The second kappa shape index (κ2) is 5.14. The van der Waals surface area contributed by atoms with Gasteiger partial charge in [0, 0.05) is 5.56 Å². The Labute approximate surface area is 123 Å². The van der Waals surface area contributed by atoms with Gasteiger partial charge in [0.25, 0.3) is 5.89 Å². The molecule has 0 aliphatic heterocycles. The van der Waals surface area contributed by atoms with Gasteiger partial charge in [-0.25, -0.2) is 0 Å². The molecule has 4 heteroatoms. The van der Waals surface area contributed by atoms with Crippen LogP contribution in [0.15, 0.2) is 59.1 Å². The first-order valence-corrected chi connectivity index (χ1v) is 6.83. The quantitative estimate of drug-likeness (QED) is 0.799. The summed E-state index contributed by atoms with van der Waals surface area (Å²) in [7, 11) is 0. The SMILES string of the molecule is Cc1ccccc1-c1noc(C(C)(N)c2ccccc2)n1. The van der Waals surface area contributed by atoms with E-state index in [0.717, 1.165) is 16.7 Å². The maximum Gasteiger partial charge on any atom is 0.251 e. The largest absolute Gasteiger partial charge is 0.337 e. The Bertz CT molecular complexity index is 747. The average Bonchev–Trinajstić information content (AvgIpc) is 2.99. The topological polar surface area (TPSA) is 64.9 Å². The zero-order chi connectivity index (χ0) is 14.9. The lowest BCUT2D eigenvalue weighted by molar-refractivity contribution is 0.325. The van der Waals surface area contributed by atoms with E-state index in [4.69, 9.17) is 10.3 Å². The van der Waals surface area contributed by atoms with Crippen molar-refractivity contribution in [3.63, 3.8) is 0 Å². The molecule has 0 radical (unpaired) electrons. The molecule has 1 atom stereocenters. The van der Waals surface area contributed by atoms with Gasteiger partial charge in [-0.2, -0.15) is 4.98 Å². The third-order valence-corrected chi connectivity index (χ3v) is 3.63. The van der Waals surface area contributed by atoms with Crippen LogP contribution in [0.2, 0.25) is 0 Å². The normalized spacial score (nSPS) is 13.9. The molecule has 0 saturated heterocycles. The Kier molecular flexibility index (Phi) is 3.31. The van der Waals surface area contributed by atoms with Gasteiger partial charge in [-0.05, 0) is 25.0 Å². The molecule has 1 aromatic heterocycles. The van der Waals surface area contributed by atoms with Crippen LogP contribution in [0, 0.1) is 6.92 Å². The molecule has 2 aromatic carbocycles. The van der Waals surface area contributed by atoms with Crippen LogP contribution in [0.25, 0.3) is 11.4 Å². The molecule has 0 bridgehead atoms. The van der Waals surface area contributed by atoms with Crippen LogP contribution in [0.5, 0.6) is 0 Å². The lowest BCUT2D eigenvalue weighted by Gasteiger charge is -2.20.